The average molecular weight is 218 g/mol. The molecule has 1 fully saturated rings. The Hall–Kier alpha value is -1.13. The van der Waals surface area contributed by atoms with E-state index < -0.39 is 0 Å². The van der Waals surface area contributed by atoms with E-state index in [0.29, 0.717) is 0 Å². The maximum atomic E-state index is 4.80. The lowest BCUT2D eigenvalue weighted by Gasteiger charge is -2.29. The first kappa shape index (κ1) is 10.1. The van der Waals surface area contributed by atoms with Crippen molar-refractivity contribution < 1.29 is 0 Å². The predicted molar refractivity (Wildman–Crippen MR) is 64.7 cm³/mol. The summed E-state index contributed by atoms with van der Waals surface area (Å²) in [4.78, 5) is 7.17. The van der Waals surface area contributed by atoms with Crippen molar-refractivity contribution in [1.29, 1.82) is 0 Å². The summed E-state index contributed by atoms with van der Waals surface area (Å²) < 4.78 is 0. The molecule has 16 heavy (non-hydrogen) atoms. The number of hydrogen-bond acceptors (Lipinski definition) is 4. The van der Waals surface area contributed by atoms with Gasteiger partial charge >= 0.3 is 0 Å². The molecule has 0 amide bonds. The molecular weight excluding hydrogens is 200 g/mol. The number of piperazine rings is 1. The van der Waals surface area contributed by atoms with Gasteiger partial charge in [-0.15, -0.1) is 0 Å². The normalized spacial score (nSPS) is 20.6. The summed E-state index contributed by atoms with van der Waals surface area (Å²) in [6.07, 6.45) is 1.06. The van der Waals surface area contributed by atoms with Gasteiger partial charge in [0, 0.05) is 51.4 Å². The van der Waals surface area contributed by atoms with E-state index in [2.05, 4.69) is 27.7 Å². The maximum absolute atomic E-state index is 4.80. The van der Waals surface area contributed by atoms with Crippen LogP contribution < -0.4 is 15.5 Å². The number of anilines is 1. The van der Waals surface area contributed by atoms with E-state index in [-0.39, 0.29) is 0 Å². The summed E-state index contributed by atoms with van der Waals surface area (Å²) in [7, 11) is 0. The van der Waals surface area contributed by atoms with Crippen LogP contribution in [0.1, 0.15) is 11.3 Å². The zero-order valence-corrected chi connectivity index (χ0v) is 9.50. The SMILES string of the molecule is c1cc2c(nc1N1CCNCC1)CCNC2. The van der Waals surface area contributed by atoms with Crippen molar-refractivity contribution >= 4 is 5.82 Å². The maximum Gasteiger partial charge on any atom is 0.128 e. The van der Waals surface area contributed by atoms with E-state index in [1.807, 2.05) is 0 Å². The Morgan fingerprint density at radius 2 is 1.94 bits per heavy atom. The van der Waals surface area contributed by atoms with Crippen LogP contribution in [0.4, 0.5) is 5.82 Å². The molecule has 3 heterocycles. The Balaban J connectivity index is 1.84. The van der Waals surface area contributed by atoms with E-state index in [9.17, 15) is 0 Å². The van der Waals surface area contributed by atoms with Crippen LogP contribution in [0.5, 0.6) is 0 Å². The second-order valence-corrected chi connectivity index (χ2v) is 4.44. The highest BCUT2D eigenvalue weighted by Gasteiger charge is 2.15. The van der Waals surface area contributed by atoms with Gasteiger partial charge in [0.25, 0.3) is 0 Å². The fourth-order valence-electron chi connectivity index (χ4n) is 2.40. The van der Waals surface area contributed by atoms with Crippen molar-refractivity contribution in [2.24, 2.45) is 0 Å². The zero-order valence-electron chi connectivity index (χ0n) is 9.50. The van der Waals surface area contributed by atoms with Gasteiger partial charge in [-0.2, -0.15) is 0 Å². The molecule has 1 saturated heterocycles. The molecule has 1 aromatic rings. The summed E-state index contributed by atoms with van der Waals surface area (Å²) in [6.45, 7) is 6.32. The van der Waals surface area contributed by atoms with Gasteiger partial charge in [-0.25, -0.2) is 4.98 Å². The highest BCUT2D eigenvalue weighted by Crippen LogP contribution is 2.18. The predicted octanol–water partition coefficient (Wildman–Crippen LogP) is 0.137. The summed E-state index contributed by atoms with van der Waals surface area (Å²) in [5.41, 5.74) is 2.65. The first-order valence-corrected chi connectivity index (χ1v) is 6.09. The smallest absolute Gasteiger partial charge is 0.128 e. The van der Waals surface area contributed by atoms with Crippen LogP contribution in [-0.2, 0) is 13.0 Å². The van der Waals surface area contributed by atoms with Crippen LogP contribution in [0.3, 0.4) is 0 Å². The Labute approximate surface area is 96.1 Å². The number of nitrogens with one attached hydrogen (secondary N) is 2. The summed E-state index contributed by atoms with van der Waals surface area (Å²) in [5.74, 6) is 1.15. The molecule has 4 nitrogen and oxygen atoms in total. The average Bonchev–Trinajstić information content (AvgIpc) is 2.39. The fourth-order valence-corrected chi connectivity index (χ4v) is 2.40. The highest BCUT2D eigenvalue weighted by molar-refractivity contribution is 5.43. The first-order valence-electron chi connectivity index (χ1n) is 6.09. The fraction of sp³-hybridized carbons (Fsp3) is 0.583. The lowest BCUT2D eigenvalue weighted by atomic mass is 10.1. The molecule has 0 aromatic carbocycles. The molecule has 3 rings (SSSR count). The van der Waals surface area contributed by atoms with Gasteiger partial charge in [0.1, 0.15) is 5.82 Å². The van der Waals surface area contributed by atoms with Crippen molar-refractivity contribution in [3.63, 3.8) is 0 Å². The second-order valence-electron chi connectivity index (χ2n) is 4.44. The van der Waals surface area contributed by atoms with E-state index >= 15 is 0 Å². The molecule has 0 saturated carbocycles. The molecule has 0 spiro atoms. The number of nitrogens with zero attached hydrogens (tertiary/aromatic N) is 2. The molecule has 1 aromatic heterocycles. The molecule has 0 unspecified atom stereocenters. The van der Waals surface area contributed by atoms with Gasteiger partial charge in [-0.05, 0) is 11.6 Å². The minimum Gasteiger partial charge on any atom is -0.354 e. The number of rotatable bonds is 1. The van der Waals surface area contributed by atoms with Crippen molar-refractivity contribution in [3.05, 3.63) is 23.4 Å². The minimum atomic E-state index is 0.976. The molecule has 2 aliphatic heterocycles. The van der Waals surface area contributed by atoms with Crippen molar-refractivity contribution in [2.75, 3.05) is 37.6 Å². The standard InChI is InChI=1S/C12H18N4/c1-2-12(16-7-5-13-6-8-16)15-11-3-4-14-9-10(1)11/h1-2,13-14H,3-9H2. The molecule has 2 aliphatic rings. The molecule has 86 valence electrons. The van der Waals surface area contributed by atoms with Gasteiger partial charge in [0.15, 0.2) is 0 Å². The molecular formula is C12H18N4. The van der Waals surface area contributed by atoms with Gasteiger partial charge < -0.3 is 15.5 Å². The van der Waals surface area contributed by atoms with Gasteiger partial charge in [-0.3, -0.25) is 0 Å². The molecule has 4 heteroatoms. The largest absolute Gasteiger partial charge is 0.354 e. The van der Waals surface area contributed by atoms with Gasteiger partial charge in [0.2, 0.25) is 0 Å². The van der Waals surface area contributed by atoms with Gasteiger partial charge in [-0.1, -0.05) is 6.07 Å². The van der Waals surface area contributed by atoms with Gasteiger partial charge in [0.05, 0.1) is 0 Å². The topological polar surface area (TPSA) is 40.2 Å². The Bertz CT molecular complexity index is 371. The van der Waals surface area contributed by atoms with Crippen LogP contribution in [0.15, 0.2) is 12.1 Å². The quantitative estimate of drug-likeness (QED) is 0.703. The zero-order chi connectivity index (χ0) is 10.8. The van der Waals surface area contributed by atoms with Crippen LogP contribution in [0.2, 0.25) is 0 Å². The van der Waals surface area contributed by atoms with Crippen molar-refractivity contribution in [1.82, 2.24) is 15.6 Å². The molecule has 0 radical (unpaired) electrons. The molecule has 0 bridgehead atoms. The number of aromatic nitrogens is 1. The third kappa shape index (κ3) is 1.90. The lowest BCUT2D eigenvalue weighted by Crippen LogP contribution is -2.44. The highest BCUT2D eigenvalue weighted by atomic mass is 15.2. The number of fused-ring (bicyclic) bond motifs is 1. The molecule has 0 atom stereocenters. The molecule has 0 aliphatic carbocycles. The monoisotopic (exact) mass is 218 g/mol. The van der Waals surface area contributed by atoms with E-state index in [1.165, 1.54) is 11.3 Å². The number of pyridine rings is 1. The van der Waals surface area contributed by atoms with Crippen molar-refractivity contribution in [2.45, 2.75) is 13.0 Å². The van der Waals surface area contributed by atoms with Crippen LogP contribution in [-0.4, -0.2) is 37.7 Å². The molecule has 2 N–H and O–H groups in total. The third-order valence-corrected chi connectivity index (χ3v) is 3.35. The lowest BCUT2D eigenvalue weighted by molar-refractivity contribution is 0.580. The Morgan fingerprint density at radius 1 is 1.06 bits per heavy atom. The van der Waals surface area contributed by atoms with Crippen LogP contribution in [0.25, 0.3) is 0 Å². The Morgan fingerprint density at radius 3 is 2.81 bits per heavy atom. The summed E-state index contributed by atoms with van der Waals surface area (Å²) in [5, 5.41) is 6.74. The third-order valence-electron chi connectivity index (χ3n) is 3.35. The second kappa shape index (κ2) is 4.39. The van der Waals surface area contributed by atoms with Crippen LogP contribution in [0, 0.1) is 0 Å². The van der Waals surface area contributed by atoms with Crippen molar-refractivity contribution in [3.8, 4) is 0 Å². The Kier molecular flexibility index (Phi) is 2.76. The van der Waals surface area contributed by atoms with E-state index in [4.69, 9.17) is 4.98 Å². The minimum absolute atomic E-state index is 0.976. The first-order chi connectivity index (χ1) is 7.93. The summed E-state index contributed by atoms with van der Waals surface area (Å²) >= 11 is 0. The van der Waals surface area contributed by atoms with E-state index in [1.54, 1.807) is 0 Å². The van der Waals surface area contributed by atoms with Crippen LogP contribution >= 0.6 is 0 Å². The summed E-state index contributed by atoms with van der Waals surface area (Å²) in [6, 6.07) is 4.39. The number of hydrogen-bond donors (Lipinski definition) is 2. The van der Waals surface area contributed by atoms with E-state index in [0.717, 1.165) is 51.5 Å².